The highest BCUT2D eigenvalue weighted by molar-refractivity contribution is 6.23. The lowest BCUT2D eigenvalue weighted by atomic mass is 10.0. The van der Waals surface area contributed by atoms with E-state index >= 15 is 0 Å². The molecule has 188 valence electrons. The molecule has 0 bridgehead atoms. The number of nitrogen functional groups attached to an aromatic ring is 2. The lowest BCUT2D eigenvalue weighted by molar-refractivity contribution is -0.153. The highest BCUT2D eigenvalue weighted by Gasteiger charge is 2.28. The SMILES string of the molecule is CCOC(=O)C(=Cc1ccc(OC(=O)c2ccc(OCC(F)(F)F)cc2)cc1)c1ccc(N)cc1N. The number of alkyl halides is 3. The van der Waals surface area contributed by atoms with Crippen molar-refractivity contribution in [2.45, 2.75) is 13.1 Å². The molecule has 0 amide bonds. The van der Waals surface area contributed by atoms with Gasteiger partial charge in [-0.15, -0.1) is 0 Å². The fourth-order valence-electron chi connectivity index (χ4n) is 3.10. The van der Waals surface area contributed by atoms with Gasteiger partial charge in [0, 0.05) is 16.9 Å². The zero-order chi connectivity index (χ0) is 26.3. The van der Waals surface area contributed by atoms with Crippen molar-refractivity contribution in [2.24, 2.45) is 0 Å². The van der Waals surface area contributed by atoms with Gasteiger partial charge in [0.1, 0.15) is 11.5 Å². The van der Waals surface area contributed by atoms with Crippen LogP contribution in [-0.4, -0.2) is 31.3 Å². The van der Waals surface area contributed by atoms with Crippen molar-refractivity contribution in [3.63, 3.8) is 0 Å². The van der Waals surface area contributed by atoms with Crippen LogP contribution in [-0.2, 0) is 9.53 Å². The van der Waals surface area contributed by atoms with Crippen LogP contribution in [0.2, 0.25) is 0 Å². The topological polar surface area (TPSA) is 114 Å². The van der Waals surface area contributed by atoms with Crippen molar-refractivity contribution in [2.75, 3.05) is 24.7 Å². The summed E-state index contributed by atoms with van der Waals surface area (Å²) in [5, 5.41) is 0. The average molecular weight is 500 g/mol. The van der Waals surface area contributed by atoms with Crippen molar-refractivity contribution in [1.82, 2.24) is 0 Å². The van der Waals surface area contributed by atoms with Gasteiger partial charge in [-0.3, -0.25) is 0 Å². The van der Waals surface area contributed by atoms with Crippen molar-refractivity contribution >= 4 is 35.0 Å². The Morgan fingerprint density at radius 2 is 1.56 bits per heavy atom. The number of benzene rings is 3. The maximum Gasteiger partial charge on any atom is 0.422 e. The van der Waals surface area contributed by atoms with Crippen molar-refractivity contribution in [3.8, 4) is 11.5 Å². The predicted octanol–water partition coefficient (Wildman–Crippen LogP) is 5.12. The molecule has 0 radical (unpaired) electrons. The van der Waals surface area contributed by atoms with E-state index in [4.69, 9.17) is 20.9 Å². The molecule has 3 aromatic rings. The van der Waals surface area contributed by atoms with Gasteiger partial charge in [0.15, 0.2) is 6.61 Å². The van der Waals surface area contributed by atoms with Crippen LogP contribution in [0.1, 0.15) is 28.4 Å². The molecule has 0 aliphatic rings. The lowest BCUT2D eigenvalue weighted by Crippen LogP contribution is -2.19. The van der Waals surface area contributed by atoms with Crippen molar-refractivity contribution < 1.29 is 37.0 Å². The zero-order valence-electron chi connectivity index (χ0n) is 19.2. The predicted molar refractivity (Wildman–Crippen MR) is 129 cm³/mol. The van der Waals surface area contributed by atoms with Crippen LogP contribution in [0.4, 0.5) is 24.5 Å². The van der Waals surface area contributed by atoms with Crippen LogP contribution in [0.15, 0.2) is 66.7 Å². The molecule has 0 spiro atoms. The van der Waals surface area contributed by atoms with Crippen LogP contribution in [0, 0.1) is 0 Å². The quantitative estimate of drug-likeness (QED) is 0.145. The summed E-state index contributed by atoms with van der Waals surface area (Å²) in [5.41, 5.74) is 14.0. The number of nitrogens with two attached hydrogens (primary N) is 2. The first-order valence-corrected chi connectivity index (χ1v) is 10.7. The number of hydrogen-bond donors (Lipinski definition) is 2. The molecule has 0 saturated heterocycles. The summed E-state index contributed by atoms with van der Waals surface area (Å²) in [4.78, 5) is 24.9. The van der Waals surface area contributed by atoms with Gasteiger partial charge in [-0.05, 0) is 73.2 Å². The third-order valence-corrected chi connectivity index (χ3v) is 4.76. The van der Waals surface area contributed by atoms with E-state index in [1.165, 1.54) is 36.4 Å². The number of anilines is 2. The normalized spacial score (nSPS) is 11.6. The van der Waals surface area contributed by atoms with Gasteiger partial charge in [0.2, 0.25) is 0 Å². The fraction of sp³-hybridized carbons (Fsp3) is 0.154. The summed E-state index contributed by atoms with van der Waals surface area (Å²) < 4.78 is 51.8. The Morgan fingerprint density at radius 1 is 0.917 bits per heavy atom. The van der Waals surface area contributed by atoms with Gasteiger partial charge in [0.05, 0.1) is 17.7 Å². The van der Waals surface area contributed by atoms with Crippen LogP contribution >= 0.6 is 0 Å². The largest absolute Gasteiger partial charge is 0.484 e. The molecule has 10 heteroatoms. The summed E-state index contributed by atoms with van der Waals surface area (Å²) in [6.07, 6.45) is -2.87. The first-order chi connectivity index (χ1) is 17.1. The summed E-state index contributed by atoms with van der Waals surface area (Å²) >= 11 is 0. The number of ether oxygens (including phenoxy) is 3. The molecule has 3 aromatic carbocycles. The Morgan fingerprint density at radius 3 is 2.14 bits per heavy atom. The molecular weight excluding hydrogens is 477 g/mol. The molecule has 3 rings (SSSR count). The molecule has 0 fully saturated rings. The van der Waals surface area contributed by atoms with E-state index in [0.717, 1.165) is 0 Å². The number of halogens is 3. The highest BCUT2D eigenvalue weighted by atomic mass is 19.4. The van der Waals surface area contributed by atoms with E-state index < -0.39 is 24.7 Å². The van der Waals surface area contributed by atoms with E-state index in [9.17, 15) is 22.8 Å². The number of carbonyl (C=O) groups is 2. The molecule has 0 aliphatic heterocycles. The Hall–Kier alpha value is -4.47. The first-order valence-electron chi connectivity index (χ1n) is 10.7. The molecule has 0 saturated carbocycles. The van der Waals surface area contributed by atoms with Crippen LogP contribution in [0.5, 0.6) is 11.5 Å². The summed E-state index contributed by atoms with van der Waals surface area (Å²) in [6.45, 7) is 0.434. The maximum absolute atomic E-state index is 12.6. The third-order valence-electron chi connectivity index (χ3n) is 4.76. The number of rotatable bonds is 8. The molecule has 0 unspecified atom stereocenters. The van der Waals surface area contributed by atoms with E-state index in [1.807, 2.05) is 0 Å². The Kier molecular flexibility index (Phi) is 8.21. The molecular formula is C26H23F3N2O5. The van der Waals surface area contributed by atoms with E-state index in [-0.39, 0.29) is 29.2 Å². The first kappa shape index (κ1) is 26.1. The van der Waals surface area contributed by atoms with Gasteiger partial charge < -0.3 is 25.7 Å². The number of esters is 2. The summed E-state index contributed by atoms with van der Waals surface area (Å²) in [5.74, 6) is -1.08. The Labute approximate surface area is 205 Å². The molecule has 0 atom stereocenters. The Bertz CT molecular complexity index is 1250. The van der Waals surface area contributed by atoms with Crippen LogP contribution in [0.3, 0.4) is 0 Å². The van der Waals surface area contributed by atoms with Gasteiger partial charge in [-0.25, -0.2) is 9.59 Å². The molecule has 0 aliphatic carbocycles. The monoisotopic (exact) mass is 500 g/mol. The Balaban J connectivity index is 1.73. The van der Waals surface area contributed by atoms with E-state index in [0.29, 0.717) is 22.5 Å². The fourth-order valence-corrected chi connectivity index (χ4v) is 3.10. The van der Waals surface area contributed by atoms with Gasteiger partial charge >= 0.3 is 18.1 Å². The minimum atomic E-state index is -4.46. The second-order valence-electron chi connectivity index (χ2n) is 7.51. The molecule has 36 heavy (non-hydrogen) atoms. The molecule has 7 nitrogen and oxygen atoms in total. The average Bonchev–Trinajstić information content (AvgIpc) is 2.83. The second-order valence-corrected chi connectivity index (χ2v) is 7.51. The second kappa shape index (κ2) is 11.3. The third kappa shape index (κ3) is 7.26. The van der Waals surface area contributed by atoms with E-state index in [1.54, 1.807) is 43.3 Å². The van der Waals surface area contributed by atoms with E-state index in [2.05, 4.69) is 4.74 Å². The minimum Gasteiger partial charge on any atom is -0.484 e. The number of carbonyl (C=O) groups excluding carboxylic acids is 2. The summed E-state index contributed by atoms with van der Waals surface area (Å²) in [7, 11) is 0. The molecule has 4 N–H and O–H groups in total. The maximum atomic E-state index is 12.6. The molecule has 0 heterocycles. The zero-order valence-corrected chi connectivity index (χ0v) is 19.2. The molecule has 0 aromatic heterocycles. The van der Waals surface area contributed by atoms with Crippen LogP contribution in [0.25, 0.3) is 11.6 Å². The lowest BCUT2D eigenvalue weighted by Gasteiger charge is -2.11. The van der Waals surface area contributed by atoms with Crippen LogP contribution < -0.4 is 20.9 Å². The van der Waals surface area contributed by atoms with Gasteiger partial charge in [-0.2, -0.15) is 13.2 Å². The minimum absolute atomic E-state index is 0.0286. The van der Waals surface area contributed by atoms with Crippen molar-refractivity contribution in [1.29, 1.82) is 0 Å². The smallest absolute Gasteiger partial charge is 0.422 e. The van der Waals surface area contributed by atoms with Crippen molar-refractivity contribution in [3.05, 3.63) is 83.4 Å². The highest BCUT2D eigenvalue weighted by Crippen LogP contribution is 2.28. The van der Waals surface area contributed by atoms with Gasteiger partial charge in [0.25, 0.3) is 0 Å². The number of hydrogen-bond acceptors (Lipinski definition) is 7. The van der Waals surface area contributed by atoms with Gasteiger partial charge in [-0.1, -0.05) is 12.1 Å². The summed E-state index contributed by atoms with van der Waals surface area (Å²) in [6, 6.07) is 16.2. The standard InChI is InChI=1S/C26H23F3N2O5/c1-2-34-25(33)22(21-12-7-18(30)14-23(21)31)13-16-3-8-20(9-4-16)36-24(32)17-5-10-19(11-6-17)35-15-26(27,28)29/h3-14H,2,15,30-31H2,1H3.